The van der Waals surface area contributed by atoms with Crippen LogP contribution in [0.1, 0.15) is 50.5 Å². The molecule has 2 fully saturated rings. The first-order valence-corrected chi connectivity index (χ1v) is 10.1. The van der Waals surface area contributed by atoms with E-state index in [0.29, 0.717) is 35.3 Å². The Balaban J connectivity index is 1.57. The van der Waals surface area contributed by atoms with Crippen LogP contribution in [0.5, 0.6) is 5.75 Å². The molecule has 28 heavy (non-hydrogen) atoms. The summed E-state index contributed by atoms with van der Waals surface area (Å²) in [6.07, 6.45) is 2.40. The van der Waals surface area contributed by atoms with Gasteiger partial charge in [-0.1, -0.05) is 30.1 Å². The van der Waals surface area contributed by atoms with E-state index in [2.05, 4.69) is 5.32 Å². The summed E-state index contributed by atoms with van der Waals surface area (Å²) >= 11 is 12.2. The summed E-state index contributed by atoms with van der Waals surface area (Å²) in [5.74, 6) is 0.425. The number of methoxy groups -OCH3 is 1. The van der Waals surface area contributed by atoms with Crippen molar-refractivity contribution >= 4 is 40.9 Å². The molecule has 1 aromatic carbocycles. The van der Waals surface area contributed by atoms with Gasteiger partial charge in [-0.2, -0.15) is 0 Å². The third kappa shape index (κ3) is 4.28. The van der Waals surface area contributed by atoms with Gasteiger partial charge in [0.05, 0.1) is 22.6 Å². The maximum absolute atomic E-state index is 12.6. The number of piperidine rings is 1. The molecule has 1 atom stereocenters. The van der Waals surface area contributed by atoms with Gasteiger partial charge in [0.15, 0.2) is 0 Å². The number of ether oxygens (including phenoxy) is 1. The van der Waals surface area contributed by atoms with Gasteiger partial charge in [-0.3, -0.25) is 19.7 Å². The highest BCUT2D eigenvalue weighted by molar-refractivity contribution is 6.42. The maximum Gasteiger partial charge on any atom is 0.233 e. The number of rotatable bonds is 5. The molecule has 0 aliphatic carbocycles. The lowest BCUT2D eigenvalue weighted by molar-refractivity contribution is -0.133. The maximum atomic E-state index is 12.6. The van der Waals surface area contributed by atoms with Crippen LogP contribution in [-0.4, -0.2) is 42.8 Å². The van der Waals surface area contributed by atoms with E-state index in [0.717, 1.165) is 18.4 Å². The number of halogens is 2. The van der Waals surface area contributed by atoms with E-state index < -0.39 is 5.41 Å². The number of benzene rings is 1. The molecule has 1 N–H and O–H groups in total. The molecule has 2 saturated heterocycles. The summed E-state index contributed by atoms with van der Waals surface area (Å²) in [5.41, 5.74) is 0.232. The molecule has 0 bridgehead atoms. The minimum absolute atomic E-state index is 0.0212. The van der Waals surface area contributed by atoms with E-state index in [1.54, 1.807) is 20.1 Å². The zero-order valence-corrected chi connectivity index (χ0v) is 17.5. The number of hydrogen-bond acceptors (Lipinski definition) is 4. The predicted octanol–water partition coefficient (Wildman–Crippen LogP) is 3.54. The monoisotopic (exact) mass is 426 g/mol. The number of nitrogens with zero attached hydrogens (tertiary/aromatic N) is 1. The van der Waals surface area contributed by atoms with Crippen molar-refractivity contribution in [3.05, 3.63) is 27.7 Å². The van der Waals surface area contributed by atoms with Gasteiger partial charge in [-0.05, 0) is 36.8 Å². The van der Waals surface area contributed by atoms with E-state index in [9.17, 15) is 14.4 Å². The van der Waals surface area contributed by atoms with E-state index >= 15 is 0 Å². The average Bonchev–Trinajstić information content (AvgIpc) is 2.93. The van der Waals surface area contributed by atoms with Crippen molar-refractivity contribution in [1.82, 2.24) is 10.2 Å². The lowest BCUT2D eigenvalue weighted by Gasteiger charge is -2.33. The molecule has 8 heteroatoms. The minimum Gasteiger partial charge on any atom is -0.496 e. The Kier molecular flexibility index (Phi) is 6.20. The lowest BCUT2D eigenvalue weighted by atomic mass is 9.83. The van der Waals surface area contributed by atoms with Crippen LogP contribution in [0.3, 0.4) is 0 Å². The highest BCUT2D eigenvalue weighted by Gasteiger charge is 2.42. The average molecular weight is 427 g/mol. The Labute approximate surface area is 174 Å². The molecule has 6 nitrogen and oxygen atoms in total. The molecule has 1 aromatic rings. The Morgan fingerprint density at radius 3 is 2.46 bits per heavy atom. The molecule has 0 spiro atoms. The first kappa shape index (κ1) is 20.9. The van der Waals surface area contributed by atoms with Crippen molar-refractivity contribution in [1.29, 1.82) is 0 Å². The molecule has 3 rings (SSSR count). The minimum atomic E-state index is -0.779. The van der Waals surface area contributed by atoms with E-state index in [1.165, 1.54) is 0 Å². The predicted molar refractivity (Wildman–Crippen MR) is 107 cm³/mol. The third-order valence-corrected chi connectivity index (χ3v) is 6.52. The van der Waals surface area contributed by atoms with Crippen LogP contribution in [0.25, 0.3) is 0 Å². The summed E-state index contributed by atoms with van der Waals surface area (Å²) in [6, 6.07) is 3.58. The number of amides is 3. The van der Waals surface area contributed by atoms with Gasteiger partial charge in [-0.15, -0.1) is 0 Å². The highest BCUT2D eigenvalue weighted by Crippen LogP contribution is 2.39. The van der Waals surface area contributed by atoms with Crippen LogP contribution in [0, 0.1) is 5.41 Å². The summed E-state index contributed by atoms with van der Waals surface area (Å²) < 4.78 is 5.45. The number of carbonyl (C=O) groups excluding carboxylic acids is 3. The Morgan fingerprint density at radius 2 is 1.89 bits per heavy atom. The summed E-state index contributed by atoms with van der Waals surface area (Å²) in [5, 5.41) is 3.27. The summed E-state index contributed by atoms with van der Waals surface area (Å²) in [6.45, 7) is 3.01. The van der Waals surface area contributed by atoms with E-state index in [1.807, 2.05) is 11.0 Å². The number of likely N-dealkylation sites (tertiary alicyclic amines) is 1. The van der Waals surface area contributed by atoms with Gasteiger partial charge >= 0.3 is 0 Å². The zero-order chi connectivity index (χ0) is 20.5. The molecule has 152 valence electrons. The van der Waals surface area contributed by atoms with Gasteiger partial charge < -0.3 is 9.64 Å². The van der Waals surface area contributed by atoms with Crippen molar-refractivity contribution in [2.24, 2.45) is 5.41 Å². The lowest BCUT2D eigenvalue weighted by Crippen LogP contribution is -2.39. The Hall–Kier alpha value is -1.79. The number of hydrogen-bond donors (Lipinski definition) is 1. The van der Waals surface area contributed by atoms with Gasteiger partial charge in [0, 0.05) is 32.0 Å². The molecule has 0 saturated carbocycles. The molecule has 0 aromatic heterocycles. The van der Waals surface area contributed by atoms with Crippen LogP contribution in [0.15, 0.2) is 12.1 Å². The highest BCUT2D eigenvalue weighted by atomic mass is 35.5. The summed E-state index contributed by atoms with van der Waals surface area (Å²) in [4.78, 5) is 37.8. The van der Waals surface area contributed by atoms with Crippen molar-refractivity contribution in [3.8, 4) is 5.75 Å². The molecular formula is C20H24Cl2N2O4. The van der Waals surface area contributed by atoms with Crippen molar-refractivity contribution in [2.75, 3.05) is 20.2 Å². The van der Waals surface area contributed by atoms with Crippen LogP contribution in [0.4, 0.5) is 0 Å². The number of imide groups is 1. The van der Waals surface area contributed by atoms with E-state index in [4.69, 9.17) is 27.9 Å². The number of carbonyl (C=O) groups is 3. The molecule has 0 unspecified atom stereocenters. The summed E-state index contributed by atoms with van der Waals surface area (Å²) in [7, 11) is 1.60. The fourth-order valence-electron chi connectivity index (χ4n) is 3.98. The van der Waals surface area contributed by atoms with Gasteiger partial charge in [0.25, 0.3) is 0 Å². The SMILES string of the molecule is COc1cc(Cl)c(Cl)cc1C1CCN(C(=O)CC[C@@]2(C)CC(=O)NC2=O)CC1. The van der Waals surface area contributed by atoms with Crippen LogP contribution < -0.4 is 10.1 Å². The van der Waals surface area contributed by atoms with E-state index in [-0.39, 0.29) is 36.5 Å². The van der Waals surface area contributed by atoms with Crippen molar-refractivity contribution in [2.45, 2.75) is 44.9 Å². The molecule has 2 aliphatic rings. The second kappa shape index (κ2) is 8.29. The normalized spacial score (nSPS) is 23.1. The molecule has 3 amide bonds. The van der Waals surface area contributed by atoms with Gasteiger partial charge in [-0.25, -0.2) is 0 Å². The molecule has 2 heterocycles. The van der Waals surface area contributed by atoms with Crippen LogP contribution in [0.2, 0.25) is 10.0 Å². The third-order valence-electron chi connectivity index (χ3n) is 5.80. The van der Waals surface area contributed by atoms with Crippen molar-refractivity contribution in [3.63, 3.8) is 0 Å². The molecular weight excluding hydrogens is 403 g/mol. The first-order chi connectivity index (χ1) is 13.2. The quantitative estimate of drug-likeness (QED) is 0.730. The Bertz CT molecular complexity index is 806. The van der Waals surface area contributed by atoms with Crippen LogP contribution >= 0.6 is 23.2 Å². The van der Waals surface area contributed by atoms with Gasteiger partial charge in [0.1, 0.15) is 5.75 Å². The first-order valence-electron chi connectivity index (χ1n) is 9.38. The molecule has 0 radical (unpaired) electrons. The van der Waals surface area contributed by atoms with Crippen molar-refractivity contribution < 1.29 is 19.1 Å². The largest absolute Gasteiger partial charge is 0.496 e. The zero-order valence-electron chi connectivity index (χ0n) is 16.0. The number of nitrogens with one attached hydrogen (secondary N) is 1. The second-order valence-electron chi connectivity index (χ2n) is 7.78. The topological polar surface area (TPSA) is 75.7 Å². The standard InChI is InChI=1S/C20H24Cl2N2O4/c1-20(11-17(25)23-19(20)27)6-3-18(26)24-7-4-12(5-8-24)13-9-14(21)15(22)10-16(13)28-2/h9-10,12H,3-8,11H2,1-2H3,(H,23,25,27)/t20-/m0/s1. The smallest absolute Gasteiger partial charge is 0.233 e. The van der Waals surface area contributed by atoms with Crippen LogP contribution in [-0.2, 0) is 14.4 Å². The fraction of sp³-hybridized carbons (Fsp3) is 0.550. The Morgan fingerprint density at radius 1 is 1.25 bits per heavy atom. The fourth-order valence-corrected chi connectivity index (χ4v) is 4.30. The second-order valence-corrected chi connectivity index (χ2v) is 8.59. The molecule has 2 aliphatic heterocycles. The van der Waals surface area contributed by atoms with Gasteiger partial charge in [0.2, 0.25) is 17.7 Å².